The molecule has 4 rings (SSSR count). The molecule has 3 aromatic rings. The second-order valence-electron chi connectivity index (χ2n) is 9.53. The summed E-state index contributed by atoms with van der Waals surface area (Å²) in [6.45, 7) is 3.36. The minimum atomic E-state index is -0.299. The standard InChI is InChI=1S/C31H38O7S/c1-31(22-7-9-25(10-8-22)38-21-33-2)28(27-16-15-26(34-3)20-29(27)39-30(31)35-4)6-5-18-36-23-11-13-24(14-12-23)37-19-17-32/h7-16,20,28,30,32H,5-6,17-19,21H2,1-4H3. The number of aliphatic hydroxyl groups is 1. The van der Waals surface area contributed by atoms with E-state index in [1.165, 1.54) is 16.0 Å². The second kappa shape index (κ2) is 13.9. The lowest BCUT2D eigenvalue weighted by atomic mass is 9.67. The van der Waals surface area contributed by atoms with Crippen LogP contribution in [0.5, 0.6) is 23.0 Å². The van der Waals surface area contributed by atoms with Crippen LogP contribution in [0.15, 0.2) is 71.6 Å². The van der Waals surface area contributed by atoms with Crippen LogP contribution in [0.1, 0.15) is 36.8 Å². The first-order chi connectivity index (χ1) is 19.0. The number of benzene rings is 3. The molecule has 1 heterocycles. The maximum absolute atomic E-state index is 8.93. The number of ether oxygens (including phenoxy) is 6. The van der Waals surface area contributed by atoms with Crippen molar-refractivity contribution < 1.29 is 33.5 Å². The molecule has 1 aliphatic rings. The quantitative estimate of drug-likeness (QED) is 0.191. The molecular weight excluding hydrogens is 516 g/mol. The van der Waals surface area contributed by atoms with Crippen LogP contribution in [0, 0.1) is 0 Å². The maximum Gasteiger partial charge on any atom is 0.188 e. The van der Waals surface area contributed by atoms with Gasteiger partial charge in [-0.15, -0.1) is 0 Å². The number of rotatable bonds is 14. The van der Waals surface area contributed by atoms with E-state index in [0.717, 1.165) is 30.1 Å². The predicted octanol–water partition coefficient (Wildman–Crippen LogP) is 6.03. The van der Waals surface area contributed by atoms with Crippen LogP contribution in [0.3, 0.4) is 0 Å². The average Bonchev–Trinajstić information content (AvgIpc) is 2.98. The SMILES string of the molecule is COCOc1ccc(C2(C)C(OC)Sc3cc(OC)ccc3C2CCCOc2ccc(OCCO)cc2)cc1. The first kappa shape index (κ1) is 29.1. The molecule has 0 radical (unpaired) electrons. The Morgan fingerprint density at radius 3 is 2.03 bits per heavy atom. The Morgan fingerprint density at radius 2 is 1.41 bits per heavy atom. The normalized spacial score (nSPS) is 20.2. The molecule has 0 bridgehead atoms. The highest BCUT2D eigenvalue weighted by molar-refractivity contribution is 8.00. The van der Waals surface area contributed by atoms with Crippen LogP contribution in [-0.4, -0.2) is 58.5 Å². The fraction of sp³-hybridized carbons (Fsp3) is 0.419. The van der Waals surface area contributed by atoms with E-state index in [4.69, 9.17) is 33.5 Å². The summed E-state index contributed by atoms with van der Waals surface area (Å²) in [7, 11) is 5.09. The zero-order valence-corrected chi connectivity index (χ0v) is 23.9. The van der Waals surface area contributed by atoms with E-state index >= 15 is 0 Å². The third-order valence-corrected chi connectivity index (χ3v) is 8.67. The molecule has 39 heavy (non-hydrogen) atoms. The zero-order chi connectivity index (χ0) is 27.7. The molecule has 1 aliphatic heterocycles. The molecule has 3 aromatic carbocycles. The smallest absolute Gasteiger partial charge is 0.188 e. The summed E-state index contributed by atoms with van der Waals surface area (Å²) in [6.07, 6.45) is 1.78. The van der Waals surface area contributed by atoms with E-state index in [0.29, 0.717) is 12.4 Å². The highest BCUT2D eigenvalue weighted by Crippen LogP contribution is 2.56. The summed E-state index contributed by atoms with van der Waals surface area (Å²) in [5.41, 5.74) is 2.09. The molecule has 210 valence electrons. The summed E-state index contributed by atoms with van der Waals surface area (Å²) in [5.74, 6) is 3.30. The Hall–Kier alpha value is -2.91. The van der Waals surface area contributed by atoms with E-state index in [9.17, 15) is 0 Å². The van der Waals surface area contributed by atoms with Crippen molar-refractivity contribution in [1.29, 1.82) is 0 Å². The number of hydrogen-bond acceptors (Lipinski definition) is 8. The summed E-state index contributed by atoms with van der Waals surface area (Å²) < 4.78 is 33.9. The number of methoxy groups -OCH3 is 3. The predicted molar refractivity (Wildman–Crippen MR) is 152 cm³/mol. The van der Waals surface area contributed by atoms with Crippen LogP contribution < -0.4 is 18.9 Å². The summed E-state index contributed by atoms with van der Waals surface area (Å²) >= 11 is 1.74. The minimum Gasteiger partial charge on any atom is -0.497 e. The van der Waals surface area contributed by atoms with Crippen LogP contribution in [0.2, 0.25) is 0 Å². The largest absolute Gasteiger partial charge is 0.497 e. The third kappa shape index (κ3) is 6.81. The van der Waals surface area contributed by atoms with Crippen LogP contribution >= 0.6 is 11.8 Å². The Balaban J connectivity index is 1.55. The molecule has 0 amide bonds. The summed E-state index contributed by atoms with van der Waals surface area (Å²) in [6, 6.07) is 22.1. The van der Waals surface area contributed by atoms with Gasteiger partial charge >= 0.3 is 0 Å². The molecule has 3 unspecified atom stereocenters. The van der Waals surface area contributed by atoms with E-state index in [1.807, 2.05) is 42.5 Å². The number of hydrogen-bond donors (Lipinski definition) is 1. The number of thioether (sulfide) groups is 1. The molecule has 0 saturated heterocycles. The first-order valence-electron chi connectivity index (χ1n) is 13.1. The van der Waals surface area contributed by atoms with Crippen molar-refractivity contribution in [3.8, 4) is 23.0 Å². The van der Waals surface area contributed by atoms with E-state index in [2.05, 4.69) is 31.2 Å². The molecule has 8 heteroatoms. The van der Waals surface area contributed by atoms with Gasteiger partial charge < -0.3 is 33.5 Å². The van der Waals surface area contributed by atoms with E-state index in [1.54, 1.807) is 33.1 Å². The Morgan fingerprint density at radius 1 is 0.795 bits per heavy atom. The fourth-order valence-electron chi connectivity index (χ4n) is 5.15. The molecule has 0 aliphatic carbocycles. The van der Waals surface area contributed by atoms with Gasteiger partial charge in [-0.05, 0) is 78.4 Å². The molecular formula is C31H38O7S. The van der Waals surface area contributed by atoms with Gasteiger partial charge in [0.15, 0.2) is 6.79 Å². The third-order valence-electron chi connectivity index (χ3n) is 7.17. The summed E-state index contributed by atoms with van der Waals surface area (Å²) in [5, 5.41) is 8.93. The first-order valence-corrected chi connectivity index (χ1v) is 14.0. The maximum atomic E-state index is 8.93. The fourth-order valence-corrected chi connectivity index (χ4v) is 6.56. The van der Waals surface area contributed by atoms with E-state index < -0.39 is 0 Å². The van der Waals surface area contributed by atoms with Gasteiger partial charge in [0.25, 0.3) is 0 Å². The van der Waals surface area contributed by atoms with E-state index in [-0.39, 0.29) is 36.8 Å². The highest BCUT2D eigenvalue weighted by atomic mass is 32.2. The van der Waals surface area contributed by atoms with Crippen LogP contribution in [-0.2, 0) is 14.9 Å². The van der Waals surface area contributed by atoms with Gasteiger partial charge in [-0.3, -0.25) is 0 Å². The molecule has 0 fully saturated rings. The summed E-state index contributed by atoms with van der Waals surface area (Å²) in [4.78, 5) is 1.18. The Labute approximate surface area is 235 Å². The lowest BCUT2D eigenvalue weighted by Crippen LogP contribution is -2.44. The monoisotopic (exact) mass is 554 g/mol. The molecule has 3 atom stereocenters. The minimum absolute atomic E-state index is 0.0115. The van der Waals surface area contributed by atoms with Gasteiger partial charge in [-0.25, -0.2) is 0 Å². The zero-order valence-electron chi connectivity index (χ0n) is 23.1. The topological polar surface area (TPSA) is 75.6 Å². The van der Waals surface area contributed by atoms with Crippen molar-refractivity contribution in [1.82, 2.24) is 0 Å². The Bertz CT molecular complexity index is 1170. The molecule has 0 aromatic heterocycles. The van der Waals surface area contributed by atoms with Crippen molar-refractivity contribution in [3.63, 3.8) is 0 Å². The van der Waals surface area contributed by atoms with Crippen molar-refractivity contribution >= 4 is 11.8 Å². The molecule has 0 saturated carbocycles. The second-order valence-corrected chi connectivity index (χ2v) is 10.6. The van der Waals surface area contributed by atoms with Gasteiger partial charge in [0, 0.05) is 24.5 Å². The van der Waals surface area contributed by atoms with Gasteiger partial charge in [-0.1, -0.05) is 36.9 Å². The van der Waals surface area contributed by atoms with Gasteiger partial charge in [0.05, 0.1) is 20.3 Å². The number of fused-ring (bicyclic) bond motifs is 1. The van der Waals surface area contributed by atoms with Gasteiger partial charge in [-0.2, -0.15) is 0 Å². The molecule has 0 spiro atoms. The lowest BCUT2D eigenvalue weighted by molar-refractivity contribution is 0.0510. The van der Waals surface area contributed by atoms with Gasteiger partial charge in [0.2, 0.25) is 0 Å². The molecule has 1 N–H and O–H groups in total. The van der Waals surface area contributed by atoms with Crippen molar-refractivity contribution in [2.75, 3.05) is 47.9 Å². The Kier molecular flexibility index (Phi) is 10.4. The number of aliphatic hydroxyl groups excluding tert-OH is 1. The average molecular weight is 555 g/mol. The van der Waals surface area contributed by atoms with Gasteiger partial charge in [0.1, 0.15) is 35.0 Å². The van der Waals surface area contributed by atoms with Crippen LogP contribution in [0.4, 0.5) is 0 Å². The molecule has 7 nitrogen and oxygen atoms in total. The van der Waals surface area contributed by atoms with Crippen molar-refractivity contribution in [3.05, 3.63) is 77.9 Å². The lowest BCUT2D eigenvalue weighted by Gasteiger charge is -2.47. The van der Waals surface area contributed by atoms with Crippen LogP contribution in [0.25, 0.3) is 0 Å². The van der Waals surface area contributed by atoms with Crippen molar-refractivity contribution in [2.24, 2.45) is 0 Å². The van der Waals surface area contributed by atoms with Crippen molar-refractivity contribution in [2.45, 2.75) is 41.4 Å². The highest BCUT2D eigenvalue weighted by Gasteiger charge is 2.48.